The Balaban J connectivity index is 1.91. The van der Waals surface area contributed by atoms with Crippen LogP contribution in [0.2, 0.25) is 0 Å². The van der Waals surface area contributed by atoms with Crippen molar-refractivity contribution in [1.29, 1.82) is 0 Å². The fourth-order valence-corrected chi connectivity index (χ4v) is 3.39. The maximum atomic E-state index is 13.0. The SMILES string of the molecule is CCCCC(=O)N1CCC(C(=O)N(Cc2ccccc2)C(C)C)CC1. The lowest BCUT2D eigenvalue weighted by atomic mass is 9.94. The van der Waals surface area contributed by atoms with Crippen LogP contribution in [0, 0.1) is 5.92 Å². The van der Waals surface area contributed by atoms with Gasteiger partial charge >= 0.3 is 0 Å². The van der Waals surface area contributed by atoms with E-state index in [1.54, 1.807) is 0 Å². The highest BCUT2D eigenvalue weighted by molar-refractivity contribution is 5.80. The fourth-order valence-electron chi connectivity index (χ4n) is 3.39. The van der Waals surface area contributed by atoms with Gasteiger partial charge in [0.25, 0.3) is 0 Å². The van der Waals surface area contributed by atoms with Gasteiger partial charge in [-0.15, -0.1) is 0 Å². The van der Waals surface area contributed by atoms with Gasteiger partial charge in [0.05, 0.1) is 0 Å². The highest BCUT2D eigenvalue weighted by Gasteiger charge is 2.31. The van der Waals surface area contributed by atoms with E-state index in [2.05, 4.69) is 32.9 Å². The first-order valence-electron chi connectivity index (χ1n) is 9.65. The molecule has 1 aliphatic rings. The highest BCUT2D eigenvalue weighted by Crippen LogP contribution is 2.23. The standard InChI is InChI=1S/C21H32N2O2/c1-4-5-11-20(24)22-14-12-19(13-15-22)21(25)23(17(2)3)16-18-9-7-6-8-10-18/h6-10,17,19H,4-5,11-16H2,1-3H3. The number of nitrogens with zero attached hydrogens (tertiary/aromatic N) is 2. The Morgan fingerprint density at radius 3 is 2.36 bits per heavy atom. The van der Waals surface area contributed by atoms with Crippen LogP contribution in [0.5, 0.6) is 0 Å². The number of hydrogen-bond donors (Lipinski definition) is 0. The Bertz CT molecular complexity index is 548. The van der Waals surface area contributed by atoms with Crippen LogP contribution in [0.4, 0.5) is 0 Å². The van der Waals surface area contributed by atoms with Crippen LogP contribution in [-0.2, 0) is 16.1 Å². The van der Waals surface area contributed by atoms with Gasteiger partial charge in [0.15, 0.2) is 0 Å². The molecule has 0 N–H and O–H groups in total. The number of piperidine rings is 1. The molecule has 0 saturated carbocycles. The maximum Gasteiger partial charge on any atom is 0.226 e. The van der Waals surface area contributed by atoms with Crippen LogP contribution in [0.3, 0.4) is 0 Å². The molecule has 25 heavy (non-hydrogen) atoms. The number of unbranched alkanes of at least 4 members (excludes halogenated alkanes) is 1. The molecular weight excluding hydrogens is 312 g/mol. The summed E-state index contributed by atoms with van der Waals surface area (Å²) in [6.07, 6.45) is 4.21. The Morgan fingerprint density at radius 1 is 1.16 bits per heavy atom. The van der Waals surface area contributed by atoms with Gasteiger partial charge in [-0.1, -0.05) is 43.7 Å². The van der Waals surface area contributed by atoms with Gasteiger partial charge in [-0.05, 0) is 38.7 Å². The average molecular weight is 344 g/mol. The third-order valence-electron chi connectivity index (χ3n) is 5.04. The molecule has 1 aromatic carbocycles. The lowest BCUT2D eigenvalue weighted by molar-refractivity contribution is -0.142. The third-order valence-corrected chi connectivity index (χ3v) is 5.04. The molecular formula is C21H32N2O2. The second-order valence-electron chi connectivity index (χ2n) is 7.30. The zero-order chi connectivity index (χ0) is 18.2. The summed E-state index contributed by atoms with van der Waals surface area (Å²) in [5.41, 5.74) is 1.16. The molecule has 4 nitrogen and oxygen atoms in total. The quantitative estimate of drug-likeness (QED) is 0.754. The molecule has 1 saturated heterocycles. The van der Waals surface area contributed by atoms with Gasteiger partial charge in [0.2, 0.25) is 11.8 Å². The van der Waals surface area contributed by atoms with Gasteiger partial charge < -0.3 is 9.80 Å². The zero-order valence-corrected chi connectivity index (χ0v) is 15.9. The molecule has 1 heterocycles. The van der Waals surface area contributed by atoms with E-state index in [1.807, 2.05) is 28.0 Å². The highest BCUT2D eigenvalue weighted by atomic mass is 16.2. The Labute approximate surface area is 152 Å². The van der Waals surface area contributed by atoms with Crippen molar-refractivity contribution in [2.24, 2.45) is 5.92 Å². The van der Waals surface area contributed by atoms with E-state index in [-0.39, 0.29) is 23.8 Å². The molecule has 2 rings (SSSR count). The summed E-state index contributed by atoms with van der Waals surface area (Å²) in [6, 6.07) is 10.3. The van der Waals surface area contributed by atoms with Crippen molar-refractivity contribution in [3.63, 3.8) is 0 Å². The van der Waals surface area contributed by atoms with Crippen molar-refractivity contribution in [2.45, 2.75) is 65.5 Å². The molecule has 0 aliphatic carbocycles. The first-order valence-corrected chi connectivity index (χ1v) is 9.65. The van der Waals surface area contributed by atoms with Crippen LogP contribution < -0.4 is 0 Å². The number of amides is 2. The van der Waals surface area contributed by atoms with E-state index in [9.17, 15) is 9.59 Å². The lowest BCUT2D eigenvalue weighted by Gasteiger charge is -2.36. The van der Waals surface area contributed by atoms with Crippen LogP contribution in [0.1, 0.15) is 58.4 Å². The van der Waals surface area contributed by atoms with Crippen LogP contribution in [0.15, 0.2) is 30.3 Å². The smallest absolute Gasteiger partial charge is 0.226 e. The van der Waals surface area contributed by atoms with E-state index < -0.39 is 0 Å². The van der Waals surface area contributed by atoms with Crippen molar-refractivity contribution in [3.05, 3.63) is 35.9 Å². The van der Waals surface area contributed by atoms with Crippen molar-refractivity contribution in [1.82, 2.24) is 9.80 Å². The van der Waals surface area contributed by atoms with Gasteiger partial charge in [0, 0.05) is 38.0 Å². The predicted octanol–water partition coefficient (Wildman–Crippen LogP) is 3.85. The predicted molar refractivity (Wildman–Crippen MR) is 101 cm³/mol. The van der Waals surface area contributed by atoms with E-state index in [0.29, 0.717) is 13.0 Å². The summed E-state index contributed by atoms with van der Waals surface area (Å²) in [5.74, 6) is 0.526. The van der Waals surface area contributed by atoms with E-state index in [4.69, 9.17) is 0 Å². The summed E-state index contributed by atoms with van der Waals surface area (Å²) in [4.78, 5) is 29.1. The number of carbonyl (C=O) groups is 2. The number of carbonyl (C=O) groups excluding carboxylic acids is 2. The first kappa shape index (κ1) is 19.5. The molecule has 138 valence electrons. The third kappa shape index (κ3) is 5.58. The average Bonchev–Trinajstić information content (AvgIpc) is 2.64. The topological polar surface area (TPSA) is 40.6 Å². The van der Waals surface area contributed by atoms with Crippen LogP contribution in [0.25, 0.3) is 0 Å². The molecule has 2 amide bonds. The fraction of sp³-hybridized carbons (Fsp3) is 0.619. The molecule has 4 heteroatoms. The second kappa shape index (κ2) is 9.59. The maximum absolute atomic E-state index is 13.0. The summed E-state index contributed by atoms with van der Waals surface area (Å²) < 4.78 is 0. The largest absolute Gasteiger partial charge is 0.343 e. The lowest BCUT2D eigenvalue weighted by Crippen LogP contribution is -2.46. The molecule has 0 radical (unpaired) electrons. The van der Waals surface area contributed by atoms with Crippen molar-refractivity contribution < 1.29 is 9.59 Å². The number of rotatable bonds is 7. The van der Waals surface area contributed by atoms with E-state index >= 15 is 0 Å². The molecule has 0 atom stereocenters. The van der Waals surface area contributed by atoms with E-state index in [0.717, 1.165) is 44.3 Å². The van der Waals surface area contributed by atoms with Crippen LogP contribution in [-0.4, -0.2) is 40.7 Å². The molecule has 1 aromatic rings. The van der Waals surface area contributed by atoms with Crippen molar-refractivity contribution in [3.8, 4) is 0 Å². The first-order chi connectivity index (χ1) is 12.0. The number of hydrogen-bond acceptors (Lipinski definition) is 2. The summed E-state index contributed by atoms with van der Waals surface area (Å²) >= 11 is 0. The van der Waals surface area contributed by atoms with Crippen molar-refractivity contribution in [2.75, 3.05) is 13.1 Å². The van der Waals surface area contributed by atoms with Gasteiger partial charge in [-0.3, -0.25) is 9.59 Å². The second-order valence-corrected chi connectivity index (χ2v) is 7.30. The number of benzene rings is 1. The Hall–Kier alpha value is -1.84. The molecule has 1 fully saturated rings. The van der Waals surface area contributed by atoms with Gasteiger partial charge in [-0.25, -0.2) is 0 Å². The molecule has 0 bridgehead atoms. The normalized spacial score (nSPS) is 15.4. The minimum Gasteiger partial charge on any atom is -0.343 e. The number of likely N-dealkylation sites (tertiary alicyclic amines) is 1. The molecule has 0 spiro atoms. The van der Waals surface area contributed by atoms with Gasteiger partial charge in [0.1, 0.15) is 0 Å². The minimum atomic E-state index is 0.0429. The monoisotopic (exact) mass is 344 g/mol. The molecule has 0 unspecified atom stereocenters. The Morgan fingerprint density at radius 2 is 1.80 bits per heavy atom. The minimum absolute atomic E-state index is 0.0429. The molecule has 1 aliphatic heterocycles. The summed E-state index contributed by atoms with van der Waals surface area (Å²) in [5, 5.41) is 0. The zero-order valence-electron chi connectivity index (χ0n) is 15.9. The summed E-state index contributed by atoms with van der Waals surface area (Å²) in [7, 11) is 0. The van der Waals surface area contributed by atoms with E-state index in [1.165, 1.54) is 0 Å². The van der Waals surface area contributed by atoms with Crippen LogP contribution >= 0.6 is 0 Å². The van der Waals surface area contributed by atoms with Gasteiger partial charge in [-0.2, -0.15) is 0 Å². The van der Waals surface area contributed by atoms with Crippen molar-refractivity contribution >= 4 is 11.8 Å². The summed E-state index contributed by atoms with van der Waals surface area (Å²) in [6.45, 7) is 8.35. The Kier molecular flexibility index (Phi) is 7.48. The molecule has 0 aromatic heterocycles.